The van der Waals surface area contributed by atoms with E-state index in [0.717, 1.165) is 24.5 Å². The largest absolute Gasteiger partial charge is 0.496 e. The zero-order chi connectivity index (χ0) is 15.0. The maximum atomic E-state index is 8.74. The lowest BCUT2D eigenvalue weighted by molar-refractivity contribution is 0.120. The van der Waals surface area contributed by atoms with Gasteiger partial charge in [0.2, 0.25) is 0 Å². The minimum atomic E-state index is 0.0888. The van der Waals surface area contributed by atoms with Crippen molar-refractivity contribution in [3.63, 3.8) is 0 Å². The van der Waals surface area contributed by atoms with E-state index in [4.69, 9.17) is 20.4 Å². The van der Waals surface area contributed by atoms with Crippen LogP contribution in [0.3, 0.4) is 0 Å². The molecule has 112 valence electrons. The minimum absolute atomic E-state index is 0.0888. The maximum absolute atomic E-state index is 8.74. The van der Waals surface area contributed by atoms with E-state index < -0.39 is 0 Å². The Bertz CT molecular complexity index is 449. The summed E-state index contributed by atoms with van der Waals surface area (Å²) in [4.78, 5) is 2.13. The van der Waals surface area contributed by atoms with Crippen LogP contribution in [0.2, 0.25) is 0 Å². The molecule has 1 aromatic carbocycles. The fourth-order valence-electron chi connectivity index (χ4n) is 1.85. The Hall–Kier alpha value is -1.79. The van der Waals surface area contributed by atoms with E-state index in [1.54, 1.807) is 13.2 Å². The molecule has 0 fully saturated rings. The predicted molar refractivity (Wildman–Crippen MR) is 78.3 cm³/mol. The Kier molecular flexibility index (Phi) is 6.83. The minimum Gasteiger partial charge on any atom is -0.496 e. The van der Waals surface area contributed by atoms with Crippen LogP contribution in [0.4, 0.5) is 0 Å². The molecule has 0 saturated carbocycles. The highest BCUT2D eigenvalue weighted by Crippen LogP contribution is 2.21. The van der Waals surface area contributed by atoms with E-state index in [1.165, 1.54) is 0 Å². The molecule has 1 rings (SSSR count). The standard InChI is InChI=1S/C14H23N3O3/c1-4-20-8-7-17(2)10-12-9-11(14(15)16-18)5-6-13(12)19-3/h5-6,9,18H,4,7-8,10H2,1-3H3,(H2,15,16). The molecule has 6 heteroatoms. The van der Waals surface area contributed by atoms with Crippen molar-refractivity contribution in [3.8, 4) is 5.75 Å². The van der Waals surface area contributed by atoms with E-state index in [-0.39, 0.29) is 5.84 Å². The molecule has 0 atom stereocenters. The van der Waals surface area contributed by atoms with Gasteiger partial charge in [-0.3, -0.25) is 4.90 Å². The molecule has 3 N–H and O–H groups in total. The molecule has 0 heterocycles. The summed E-state index contributed by atoms with van der Waals surface area (Å²) < 4.78 is 10.7. The van der Waals surface area contributed by atoms with Crippen LogP contribution in [0.5, 0.6) is 5.75 Å². The van der Waals surface area contributed by atoms with Gasteiger partial charge in [-0.1, -0.05) is 5.16 Å². The Morgan fingerprint density at radius 3 is 2.80 bits per heavy atom. The second kappa shape index (κ2) is 8.39. The molecule has 0 unspecified atom stereocenters. The molecule has 0 saturated heterocycles. The van der Waals surface area contributed by atoms with E-state index in [1.807, 2.05) is 26.1 Å². The molecule has 0 aliphatic rings. The van der Waals surface area contributed by atoms with Crippen LogP contribution in [0.15, 0.2) is 23.4 Å². The van der Waals surface area contributed by atoms with Crippen molar-refractivity contribution in [1.29, 1.82) is 0 Å². The van der Waals surface area contributed by atoms with Gasteiger partial charge in [0, 0.05) is 30.8 Å². The third kappa shape index (κ3) is 4.71. The van der Waals surface area contributed by atoms with Crippen molar-refractivity contribution in [2.24, 2.45) is 10.9 Å². The number of rotatable bonds is 8. The zero-order valence-corrected chi connectivity index (χ0v) is 12.3. The summed E-state index contributed by atoms with van der Waals surface area (Å²) in [5, 5.41) is 11.8. The van der Waals surface area contributed by atoms with Gasteiger partial charge in [-0.05, 0) is 32.2 Å². The van der Waals surface area contributed by atoms with Crippen molar-refractivity contribution in [3.05, 3.63) is 29.3 Å². The van der Waals surface area contributed by atoms with Crippen molar-refractivity contribution in [2.45, 2.75) is 13.5 Å². The summed E-state index contributed by atoms with van der Waals surface area (Å²) in [7, 11) is 3.64. The molecule has 1 aromatic rings. The smallest absolute Gasteiger partial charge is 0.170 e. The summed E-state index contributed by atoms with van der Waals surface area (Å²) in [6.45, 7) is 4.91. The molecule has 0 spiro atoms. The normalized spacial score (nSPS) is 11.9. The lowest BCUT2D eigenvalue weighted by Gasteiger charge is -2.18. The highest BCUT2D eigenvalue weighted by atomic mass is 16.5. The second-order valence-corrected chi connectivity index (χ2v) is 4.45. The van der Waals surface area contributed by atoms with Crippen molar-refractivity contribution in [1.82, 2.24) is 4.90 Å². The SMILES string of the molecule is CCOCCN(C)Cc1cc(/C(N)=N/O)ccc1OC. The molecule has 0 aliphatic heterocycles. The van der Waals surface area contributed by atoms with Crippen LogP contribution in [0, 0.1) is 0 Å². The highest BCUT2D eigenvalue weighted by molar-refractivity contribution is 5.97. The van der Waals surface area contributed by atoms with E-state index in [2.05, 4.69) is 10.1 Å². The first kappa shape index (κ1) is 16.3. The van der Waals surface area contributed by atoms with Gasteiger partial charge >= 0.3 is 0 Å². The second-order valence-electron chi connectivity index (χ2n) is 4.45. The number of nitrogens with zero attached hydrogens (tertiary/aromatic N) is 2. The van der Waals surface area contributed by atoms with Gasteiger partial charge < -0.3 is 20.4 Å². The number of hydrogen-bond acceptors (Lipinski definition) is 5. The van der Waals surface area contributed by atoms with Crippen LogP contribution in [-0.2, 0) is 11.3 Å². The topological polar surface area (TPSA) is 80.3 Å². The third-order valence-corrected chi connectivity index (χ3v) is 2.95. The molecule has 0 aliphatic carbocycles. The molecule has 0 bridgehead atoms. The Morgan fingerprint density at radius 1 is 1.45 bits per heavy atom. The number of amidine groups is 1. The quantitative estimate of drug-likeness (QED) is 0.246. The third-order valence-electron chi connectivity index (χ3n) is 2.95. The summed E-state index contributed by atoms with van der Waals surface area (Å²) in [6.07, 6.45) is 0. The van der Waals surface area contributed by atoms with E-state index in [0.29, 0.717) is 18.7 Å². The maximum Gasteiger partial charge on any atom is 0.170 e. The van der Waals surface area contributed by atoms with Gasteiger partial charge in [-0.2, -0.15) is 0 Å². The molecule has 6 nitrogen and oxygen atoms in total. The number of benzene rings is 1. The number of hydrogen-bond donors (Lipinski definition) is 2. The van der Waals surface area contributed by atoms with Crippen molar-refractivity contribution >= 4 is 5.84 Å². The monoisotopic (exact) mass is 281 g/mol. The van der Waals surface area contributed by atoms with Crippen molar-refractivity contribution in [2.75, 3.05) is 33.9 Å². The lowest BCUT2D eigenvalue weighted by atomic mass is 10.1. The molecular formula is C14H23N3O3. The lowest BCUT2D eigenvalue weighted by Crippen LogP contribution is -2.23. The summed E-state index contributed by atoms with van der Waals surface area (Å²) in [5.41, 5.74) is 7.26. The molecule has 0 aromatic heterocycles. The molecular weight excluding hydrogens is 258 g/mol. The predicted octanol–water partition coefficient (Wildman–Crippen LogP) is 1.26. The van der Waals surface area contributed by atoms with Crippen molar-refractivity contribution < 1.29 is 14.7 Å². The number of methoxy groups -OCH3 is 1. The van der Waals surface area contributed by atoms with E-state index in [9.17, 15) is 0 Å². The van der Waals surface area contributed by atoms with Gasteiger partial charge in [0.15, 0.2) is 5.84 Å². The molecule has 20 heavy (non-hydrogen) atoms. The van der Waals surface area contributed by atoms with E-state index >= 15 is 0 Å². The Morgan fingerprint density at radius 2 is 2.20 bits per heavy atom. The number of likely N-dealkylation sites (N-methyl/N-ethyl adjacent to an activating group) is 1. The summed E-state index contributed by atoms with van der Waals surface area (Å²) >= 11 is 0. The van der Waals surface area contributed by atoms with Crippen LogP contribution in [0.25, 0.3) is 0 Å². The fraction of sp³-hybridized carbons (Fsp3) is 0.500. The fourth-order valence-corrected chi connectivity index (χ4v) is 1.85. The summed E-state index contributed by atoms with van der Waals surface area (Å²) in [6, 6.07) is 5.45. The van der Waals surface area contributed by atoms with Gasteiger partial charge in [-0.15, -0.1) is 0 Å². The van der Waals surface area contributed by atoms with Gasteiger partial charge in [0.25, 0.3) is 0 Å². The molecule has 0 amide bonds. The first-order valence-electron chi connectivity index (χ1n) is 6.53. The van der Waals surface area contributed by atoms with Crippen LogP contribution in [-0.4, -0.2) is 49.9 Å². The Balaban J connectivity index is 2.80. The number of nitrogens with two attached hydrogens (primary N) is 1. The number of ether oxygens (including phenoxy) is 2. The number of oxime groups is 1. The Labute approximate surface area is 119 Å². The average Bonchev–Trinajstić information content (AvgIpc) is 2.46. The van der Waals surface area contributed by atoms with Gasteiger partial charge in [0.05, 0.1) is 13.7 Å². The van der Waals surface area contributed by atoms with Crippen LogP contribution in [0.1, 0.15) is 18.1 Å². The van der Waals surface area contributed by atoms with Crippen LogP contribution < -0.4 is 10.5 Å². The average molecular weight is 281 g/mol. The molecule has 0 radical (unpaired) electrons. The van der Waals surface area contributed by atoms with Gasteiger partial charge in [-0.25, -0.2) is 0 Å². The van der Waals surface area contributed by atoms with Crippen LogP contribution >= 0.6 is 0 Å². The highest BCUT2D eigenvalue weighted by Gasteiger charge is 2.09. The summed E-state index contributed by atoms with van der Waals surface area (Å²) in [5.74, 6) is 0.869. The first-order chi connectivity index (χ1) is 9.62. The first-order valence-corrected chi connectivity index (χ1v) is 6.53. The zero-order valence-electron chi connectivity index (χ0n) is 12.3. The van der Waals surface area contributed by atoms with Gasteiger partial charge in [0.1, 0.15) is 5.75 Å².